The van der Waals surface area contributed by atoms with Crippen molar-refractivity contribution in [3.8, 4) is 5.75 Å². The Hall–Kier alpha value is -1.53. The highest BCUT2D eigenvalue weighted by Gasteiger charge is 2.32. The first-order chi connectivity index (χ1) is 11.6. The van der Waals surface area contributed by atoms with Crippen LogP contribution in [0.15, 0.2) is 33.9 Å². The molecule has 2 aromatic rings. The fourth-order valence-electron chi connectivity index (χ4n) is 2.93. The van der Waals surface area contributed by atoms with E-state index in [1.54, 1.807) is 7.11 Å². The summed E-state index contributed by atoms with van der Waals surface area (Å²) in [7, 11) is 1.65. The van der Waals surface area contributed by atoms with Crippen LogP contribution in [0.2, 0.25) is 0 Å². The Kier molecular flexibility index (Phi) is 5.46. The third kappa shape index (κ3) is 4.51. The largest absolute Gasteiger partial charge is 0.497 e. The zero-order valence-corrected chi connectivity index (χ0v) is 15.0. The van der Waals surface area contributed by atoms with Crippen molar-refractivity contribution >= 4 is 11.8 Å². The molecule has 1 heterocycles. The first kappa shape index (κ1) is 17.3. The summed E-state index contributed by atoms with van der Waals surface area (Å²) in [5, 5.41) is 19.3. The quantitative estimate of drug-likeness (QED) is 0.803. The molecule has 6 heteroatoms. The fraction of sp³-hybridized carbons (Fsp3) is 0.556. The Labute approximate surface area is 146 Å². The van der Waals surface area contributed by atoms with Gasteiger partial charge in [0.1, 0.15) is 5.75 Å². The van der Waals surface area contributed by atoms with Crippen molar-refractivity contribution in [1.29, 1.82) is 0 Å². The van der Waals surface area contributed by atoms with Gasteiger partial charge in [-0.15, -0.1) is 10.2 Å². The standard InChI is InChI=1S/C18H24N2O3S/c1-13-7-9-18(21,10-8-13)12-24-17-20-19-16(23-17)11-14-3-5-15(22-2)6-4-14/h3-6,13,21H,7-12H2,1-2H3. The minimum absolute atomic E-state index is 0.533. The molecule has 24 heavy (non-hydrogen) atoms. The Morgan fingerprint density at radius 3 is 2.62 bits per heavy atom. The highest BCUT2D eigenvalue weighted by Crippen LogP contribution is 2.35. The molecule has 1 aromatic carbocycles. The van der Waals surface area contributed by atoms with Gasteiger partial charge in [0.15, 0.2) is 0 Å². The van der Waals surface area contributed by atoms with Crippen LogP contribution in [0.1, 0.15) is 44.1 Å². The second kappa shape index (κ2) is 7.57. The van der Waals surface area contributed by atoms with Gasteiger partial charge in [0, 0.05) is 5.75 Å². The average molecular weight is 348 g/mol. The topological polar surface area (TPSA) is 68.4 Å². The van der Waals surface area contributed by atoms with Crippen LogP contribution < -0.4 is 4.74 Å². The first-order valence-electron chi connectivity index (χ1n) is 8.37. The first-order valence-corrected chi connectivity index (χ1v) is 9.35. The molecular formula is C18H24N2O3S. The number of rotatable bonds is 6. The normalized spacial score (nSPS) is 24.0. The van der Waals surface area contributed by atoms with Gasteiger partial charge >= 0.3 is 0 Å². The van der Waals surface area contributed by atoms with Crippen molar-refractivity contribution in [2.24, 2.45) is 5.92 Å². The van der Waals surface area contributed by atoms with Gasteiger partial charge in [-0.2, -0.15) is 0 Å². The van der Waals surface area contributed by atoms with Gasteiger partial charge in [0.25, 0.3) is 5.22 Å². The molecule has 0 spiro atoms. The van der Waals surface area contributed by atoms with Crippen LogP contribution in [0, 0.1) is 5.92 Å². The van der Waals surface area contributed by atoms with Crippen LogP contribution >= 0.6 is 11.8 Å². The summed E-state index contributed by atoms with van der Waals surface area (Å²) in [4.78, 5) is 0. The highest BCUT2D eigenvalue weighted by atomic mass is 32.2. The number of ether oxygens (including phenoxy) is 1. The number of hydrogen-bond donors (Lipinski definition) is 1. The second-order valence-electron chi connectivity index (χ2n) is 6.68. The molecule has 0 amide bonds. The molecule has 1 N–H and O–H groups in total. The molecule has 1 saturated carbocycles. The molecule has 5 nitrogen and oxygen atoms in total. The van der Waals surface area contributed by atoms with Crippen LogP contribution in [-0.2, 0) is 6.42 Å². The zero-order valence-electron chi connectivity index (χ0n) is 14.2. The third-order valence-corrected chi connectivity index (χ3v) is 5.73. The molecule has 1 aliphatic carbocycles. The predicted molar refractivity (Wildman–Crippen MR) is 93.4 cm³/mol. The van der Waals surface area contributed by atoms with Crippen LogP contribution in [0.4, 0.5) is 0 Å². The summed E-state index contributed by atoms with van der Waals surface area (Å²) in [6.07, 6.45) is 4.48. The van der Waals surface area contributed by atoms with Crippen molar-refractivity contribution in [2.75, 3.05) is 12.9 Å². The number of benzene rings is 1. The molecule has 3 rings (SSSR count). The number of nitrogens with zero attached hydrogens (tertiary/aromatic N) is 2. The van der Waals surface area contributed by atoms with Gasteiger partial charge < -0.3 is 14.3 Å². The van der Waals surface area contributed by atoms with E-state index in [4.69, 9.17) is 9.15 Å². The Morgan fingerprint density at radius 1 is 1.25 bits per heavy atom. The highest BCUT2D eigenvalue weighted by molar-refractivity contribution is 7.99. The van der Waals surface area contributed by atoms with Gasteiger partial charge in [0.2, 0.25) is 5.89 Å². The van der Waals surface area contributed by atoms with Crippen molar-refractivity contribution in [1.82, 2.24) is 10.2 Å². The molecule has 130 valence electrons. The van der Waals surface area contributed by atoms with Crippen molar-refractivity contribution in [2.45, 2.75) is 49.9 Å². The number of methoxy groups -OCH3 is 1. The van der Waals surface area contributed by atoms with Crippen LogP contribution in [-0.4, -0.2) is 33.8 Å². The maximum Gasteiger partial charge on any atom is 0.276 e. The van der Waals surface area contributed by atoms with E-state index in [1.807, 2.05) is 24.3 Å². The summed E-state index contributed by atoms with van der Waals surface area (Å²) in [6, 6.07) is 7.81. The van der Waals surface area contributed by atoms with E-state index in [1.165, 1.54) is 11.8 Å². The monoisotopic (exact) mass is 348 g/mol. The summed E-state index contributed by atoms with van der Waals surface area (Å²) < 4.78 is 10.9. The zero-order chi connectivity index (χ0) is 17.0. The number of aliphatic hydroxyl groups is 1. The van der Waals surface area contributed by atoms with E-state index in [-0.39, 0.29) is 0 Å². The van der Waals surface area contributed by atoms with Crippen molar-refractivity contribution in [3.63, 3.8) is 0 Å². The second-order valence-corrected chi connectivity index (χ2v) is 7.61. The lowest BCUT2D eigenvalue weighted by molar-refractivity contribution is 0.0148. The van der Waals surface area contributed by atoms with Gasteiger partial charge in [-0.3, -0.25) is 0 Å². The SMILES string of the molecule is COc1ccc(Cc2nnc(SCC3(O)CCC(C)CC3)o2)cc1. The molecule has 0 atom stereocenters. The molecule has 0 bridgehead atoms. The van der Waals surface area contributed by atoms with E-state index < -0.39 is 5.60 Å². The molecule has 0 saturated heterocycles. The van der Waals surface area contributed by atoms with Crippen molar-refractivity contribution in [3.05, 3.63) is 35.7 Å². The summed E-state index contributed by atoms with van der Waals surface area (Å²) >= 11 is 1.45. The lowest BCUT2D eigenvalue weighted by Crippen LogP contribution is -2.36. The fourth-order valence-corrected chi connectivity index (χ4v) is 3.86. The van der Waals surface area contributed by atoms with E-state index in [0.29, 0.717) is 23.3 Å². The summed E-state index contributed by atoms with van der Waals surface area (Å²) in [5.41, 5.74) is 0.498. The molecule has 1 aromatic heterocycles. The lowest BCUT2D eigenvalue weighted by Gasteiger charge is -2.34. The number of hydrogen-bond acceptors (Lipinski definition) is 6. The van der Waals surface area contributed by atoms with Gasteiger partial charge in [-0.1, -0.05) is 30.8 Å². The smallest absolute Gasteiger partial charge is 0.276 e. The van der Waals surface area contributed by atoms with Gasteiger partial charge in [0.05, 0.1) is 19.1 Å². The number of thioether (sulfide) groups is 1. The van der Waals surface area contributed by atoms with Crippen molar-refractivity contribution < 1.29 is 14.3 Å². The predicted octanol–water partition coefficient (Wildman–Crippen LogP) is 3.70. The van der Waals surface area contributed by atoms with Crippen LogP contribution in [0.5, 0.6) is 5.75 Å². The minimum atomic E-state index is -0.595. The number of aromatic nitrogens is 2. The Bertz CT molecular complexity index is 649. The Balaban J connectivity index is 1.53. The van der Waals surface area contributed by atoms with E-state index >= 15 is 0 Å². The maximum absolute atomic E-state index is 10.6. The molecule has 1 fully saturated rings. The average Bonchev–Trinajstić information content (AvgIpc) is 3.04. The molecule has 0 unspecified atom stereocenters. The molecule has 0 aliphatic heterocycles. The van der Waals surface area contributed by atoms with Gasteiger partial charge in [-0.25, -0.2) is 0 Å². The minimum Gasteiger partial charge on any atom is -0.497 e. The van der Waals surface area contributed by atoms with E-state index in [0.717, 1.165) is 42.9 Å². The van der Waals surface area contributed by atoms with Crippen LogP contribution in [0.25, 0.3) is 0 Å². The lowest BCUT2D eigenvalue weighted by atomic mass is 9.81. The van der Waals surface area contributed by atoms with E-state index in [2.05, 4.69) is 17.1 Å². The van der Waals surface area contributed by atoms with Gasteiger partial charge in [-0.05, 0) is 49.3 Å². The molecule has 1 aliphatic rings. The Morgan fingerprint density at radius 2 is 1.96 bits per heavy atom. The summed E-state index contributed by atoms with van der Waals surface area (Å²) in [6.45, 7) is 2.25. The molecule has 0 radical (unpaired) electrons. The van der Waals surface area contributed by atoms with Crippen LogP contribution in [0.3, 0.4) is 0 Å². The third-order valence-electron chi connectivity index (χ3n) is 4.63. The molecular weight excluding hydrogens is 324 g/mol. The maximum atomic E-state index is 10.6. The van der Waals surface area contributed by atoms with E-state index in [9.17, 15) is 5.11 Å². The summed E-state index contributed by atoms with van der Waals surface area (Å²) in [5.74, 6) is 2.75.